The summed E-state index contributed by atoms with van der Waals surface area (Å²) in [6.45, 7) is 1.55. The Hall–Kier alpha value is 0.0200. The van der Waals surface area contributed by atoms with Crippen molar-refractivity contribution >= 4 is 15.7 Å². The van der Waals surface area contributed by atoms with Gasteiger partial charge in [-0.1, -0.05) is 9.39 Å². The van der Waals surface area contributed by atoms with E-state index in [-0.39, 0.29) is 0 Å². The van der Waals surface area contributed by atoms with E-state index in [2.05, 4.69) is 14.5 Å². The second-order valence-corrected chi connectivity index (χ2v) is 1.90. The molecule has 0 spiro atoms. The highest BCUT2D eigenvalue weighted by Gasteiger charge is 2.08. The van der Waals surface area contributed by atoms with Gasteiger partial charge in [0.25, 0.3) is 0 Å². The van der Waals surface area contributed by atoms with Crippen molar-refractivity contribution in [1.82, 2.24) is 5.09 Å². The Morgan fingerprint density at radius 1 is 1.88 bits per heavy atom. The van der Waals surface area contributed by atoms with Gasteiger partial charge in [0.1, 0.15) is 6.29 Å². The first-order valence-corrected chi connectivity index (χ1v) is 2.89. The largest absolute Gasteiger partial charge is 0.391 e. The number of carbonyl (C=O) groups excluding carboxylic acids is 1. The summed E-state index contributed by atoms with van der Waals surface area (Å²) in [5.41, 5.74) is 0. The van der Waals surface area contributed by atoms with Crippen molar-refractivity contribution in [3.8, 4) is 0 Å². The average Bonchev–Trinajstić information content (AvgIpc) is 1.69. The SMILES string of the molecule is C[C@@H](O)[C@@H](C=O)NP. The Balaban J connectivity index is 3.51. The summed E-state index contributed by atoms with van der Waals surface area (Å²) in [5.74, 6) is 0. The second-order valence-electron chi connectivity index (χ2n) is 1.57. The van der Waals surface area contributed by atoms with Crippen molar-refractivity contribution in [1.29, 1.82) is 0 Å². The van der Waals surface area contributed by atoms with Crippen LogP contribution in [0.2, 0.25) is 0 Å². The Morgan fingerprint density at radius 2 is 2.38 bits per heavy atom. The zero-order valence-corrected chi connectivity index (χ0v) is 5.82. The number of hydrogen-bond acceptors (Lipinski definition) is 3. The molecule has 0 bridgehead atoms. The molecule has 0 aliphatic carbocycles. The first-order valence-electron chi connectivity index (χ1n) is 2.32. The van der Waals surface area contributed by atoms with E-state index < -0.39 is 12.1 Å². The minimum absolute atomic E-state index is 0.458. The van der Waals surface area contributed by atoms with Crippen molar-refractivity contribution in [2.45, 2.75) is 19.1 Å². The number of aliphatic hydroxyl groups excluding tert-OH is 1. The lowest BCUT2D eigenvalue weighted by atomic mass is 10.2. The molecule has 1 unspecified atom stereocenters. The van der Waals surface area contributed by atoms with Crippen LogP contribution in [0.25, 0.3) is 0 Å². The lowest BCUT2D eigenvalue weighted by molar-refractivity contribution is -0.111. The van der Waals surface area contributed by atoms with Gasteiger partial charge in [0.2, 0.25) is 0 Å². The van der Waals surface area contributed by atoms with Gasteiger partial charge in [0.15, 0.2) is 0 Å². The van der Waals surface area contributed by atoms with Gasteiger partial charge in [-0.05, 0) is 6.92 Å². The van der Waals surface area contributed by atoms with Crippen molar-refractivity contribution < 1.29 is 9.90 Å². The molecule has 0 aromatic rings. The Morgan fingerprint density at radius 3 is 2.38 bits per heavy atom. The number of nitrogens with one attached hydrogen (secondary N) is 1. The van der Waals surface area contributed by atoms with Gasteiger partial charge in [-0.2, -0.15) is 0 Å². The number of rotatable bonds is 3. The number of aldehydes is 1. The zero-order valence-electron chi connectivity index (χ0n) is 4.66. The first kappa shape index (κ1) is 8.02. The first-order chi connectivity index (χ1) is 3.72. The fourth-order valence-corrected chi connectivity index (χ4v) is 0.649. The molecule has 0 aromatic carbocycles. The molecule has 2 N–H and O–H groups in total. The van der Waals surface area contributed by atoms with Crippen molar-refractivity contribution in [2.24, 2.45) is 0 Å². The van der Waals surface area contributed by atoms with Gasteiger partial charge in [-0.3, -0.25) is 5.09 Å². The molecule has 0 saturated carbocycles. The van der Waals surface area contributed by atoms with E-state index in [1.807, 2.05) is 0 Å². The van der Waals surface area contributed by atoms with Crippen LogP contribution in [-0.4, -0.2) is 23.5 Å². The van der Waals surface area contributed by atoms with Crippen LogP contribution in [0.15, 0.2) is 0 Å². The molecule has 0 heterocycles. The lowest BCUT2D eigenvalue weighted by Crippen LogP contribution is -2.33. The Kier molecular flexibility index (Phi) is 3.97. The molecule has 0 saturated heterocycles. The monoisotopic (exact) mass is 135 g/mol. The minimum atomic E-state index is -0.620. The molecule has 0 aliphatic rings. The third kappa shape index (κ3) is 2.36. The van der Waals surface area contributed by atoms with Crippen LogP contribution < -0.4 is 5.09 Å². The molecule has 48 valence electrons. The van der Waals surface area contributed by atoms with Crippen LogP contribution in [0, 0.1) is 0 Å². The second kappa shape index (κ2) is 3.96. The van der Waals surface area contributed by atoms with E-state index in [0.29, 0.717) is 6.29 Å². The van der Waals surface area contributed by atoms with Gasteiger partial charge in [0.05, 0.1) is 12.1 Å². The highest BCUT2D eigenvalue weighted by Crippen LogP contribution is 1.89. The van der Waals surface area contributed by atoms with Gasteiger partial charge in [-0.15, -0.1) is 0 Å². The molecule has 3 nitrogen and oxygen atoms in total. The summed E-state index contributed by atoms with van der Waals surface area (Å²) in [5, 5.41) is 11.3. The number of carbonyl (C=O) groups is 1. The molecule has 0 rings (SSSR count). The zero-order chi connectivity index (χ0) is 6.57. The average molecular weight is 135 g/mol. The summed E-state index contributed by atoms with van der Waals surface area (Å²) in [7, 11) is 2.17. The van der Waals surface area contributed by atoms with Crippen LogP contribution in [0.1, 0.15) is 6.92 Å². The predicted molar refractivity (Wildman–Crippen MR) is 34.4 cm³/mol. The lowest BCUT2D eigenvalue weighted by Gasteiger charge is -2.09. The Labute approximate surface area is 50.7 Å². The molecular formula is C4H10NO2P. The molecule has 8 heavy (non-hydrogen) atoms. The van der Waals surface area contributed by atoms with E-state index in [4.69, 9.17) is 5.11 Å². The van der Waals surface area contributed by atoms with E-state index in [9.17, 15) is 4.79 Å². The molecule has 3 atom stereocenters. The van der Waals surface area contributed by atoms with Crippen LogP contribution in [0.4, 0.5) is 0 Å². The van der Waals surface area contributed by atoms with E-state index in [1.54, 1.807) is 6.92 Å². The molecule has 0 aromatic heterocycles. The minimum Gasteiger partial charge on any atom is -0.391 e. The van der Waals surface area contributed by atoms with Gasteiger partial charge >= 0.3 is 0 Å². The molecule has 0 aliphatic heterocycles. The molecule has 0 radical (unpaired) electrons. The molecule has 0 fully saturated rings. The summed E-state index contributed by atoms with van der Waals surface area (Å²) in [6.07, 6.45) is 0.0440. The topological polar surface area (TPSA) is 49.3 Å². The normalized spacial score (nSPS) is 17.4. The fraction of sp³-hybridized carbons (Fsp3) is 0.750. The quantitative estimate of drug-likeness (QED) is 0.398. The highest BCUT2D eigenvalue weighted by molar-refractivity contribution is 7.13. The molecule has 4 heteroatoms. The van der Waals surface area contributed by atoms with Crippen LogP contribution >= 0.6 is 9.39 Å². The fourth-order valence-electron chi connectivity index (χ4n) is 0.292. The maximum Gasteiger partial charge on any atom is 0.139 e. The molecule has 0 amide bonds. The van der Waals surface area contributed by atoms with Gasteiger partial charge in [0, 0.05) is 0 Å². The molecular weight excluding hydrogens is 125 g/mol. The van der Waals surface area contributed by atoms with Crippen molar-refractivity contribution in [3.05, 3.63) is 0 Å². The summed E-state index contributed by atoms with van der Waals surface area (Å²) in [4.78, 5) is 9.94. The van der Waals surface area contributed by atoms with Crippen LogP contribution in [0.3, 0.4) is 0 Å². The van der Waals surface area contributed by atoms with E-state index in [0.717, 1.165) is 0 Å². The summed E-state index contributed by atoms with van der Waals surface area (Å²) >= 11 is 0. The van der Waals surface area contributed by atoms with Gasteiger partial charge in [-0.25, -0.2) is 0 Å². The van der Waals surface area contributed by atoms with Gasteiger partial charge < -0.3 is 9.90 Å². The van der Waals surface area contributed by atoms with Crippen molar-refractivity contribution in [2.75, 3.05) is 0 Å². The maximum absolute atomic E-state index is 9.94. The maximum atomic E-state index is 9.94. The van der Waals surface area contributed by atoms with Crippen LogP contribution in [0.5, 0.6) is 0 Å². The van der Waals surface area contributed by atoms with Crippen LogP contribution in [-0.2, 0) is 4.79 Å². The summed E-state index contributed by atoms with van der Waals surface area (Å²) in [6, 6.07) is -0.458. The third-order valence-corrected chi connectivity index (χ3v) is 1.24. The van der Waals surface area contributed by atoms with E-state index >= 15 is 0 Å². The number of hydrogen-bond donors (Lipinski definition) is 2. The van der Waals surface area contributed by atoms with Crippen molar-refractivity contribution in [3.63, 3.8) is 0 Å². The predicted octanol–water partition coefficient (Wildman–Crippen LogP) is -0.686. The third-order valence-electron chi connectivity index (χ3n) is 0.859. The van der Waals surface area contributed by atoms with E-state index in [1.165, 1.54) is 0 Å². The Bertz CT molecular complexity index is 76.4. The smallest absolute Gasteiger partial charge is 0.139 e. The number of aliphatic hydroxyl groups is 1. The highest BCUT2D eigenvalue weighted by atomic mass is 31.0. The standard InChI is InChI=1S/C4H10NO2P/c1-3(7)4(2-6)5-8/h2-5,7H,8H2,1H3/t3-,4-/m1/s1. The summed E-state index contributed by atoms with van der Waals surface area (Å²) < 4.78 is 0.